The molecule has 1 saturated carbocycles. The molecule has 0 amide bonds. The Labute approximate surface area is 182 Å². The molecular formula is C22H36IN3O. The molecule has 1 aromatic rings. The molecule has 1 N–H and O–H groups in total. The van der Waals surface area contributed by atoms with Gasteiger partial charge >= 0.3 is 0 Å². The lowest BCUT2D eigenvalue weighted by atomic mass is 9.90. The van der Waals surface area contributed by atoms with Gasteiger partial charge in [0.1, 0.15) is 0 Å². The molecule has 0 aromatic heterocycles. The summed E-state index contributed by atoms with van der Waals surface area (Å²) in [6, 6.07) is 10.9. The van der Waals surface area contributed by atoms with Crippen LogP contribution in [0, 0.1) is 11.3 Å². The van der Waals surface area contributed by atoms with Crippen molar-refractivity contribution in [2.24, 2.45) is 16.3 Å². The standard InChI is InChI=1S/C22H35N3O.HI/c1-3-26-16-13-22(11-12-22)18-24-21(23-2)25-14-9-20(10-15-25)17-19-7-5-4-6-8-19;/h4-8,20H,3,9-18H2,1-2H3,(H,23,24);1H. The highest BCUT2D eigenvalue weighted by Gasteiger charge is 2.42. The summed E-state index contributed by atoms with van der Waals surface area (Å²) in [5.74, 6) is 1.89. The molecule has 0 spiro atoms. The predicted molar refractivity (Wildman–Crippen MR) is 124 cm³/mol. The molecular weight excluding hydrogens is 449 g/mol. The Morgan fingerprint density at radius 3 is 2.52 bits per heavy atom. The number of nitrogens with one attached hydrogen (secondary N) is 1. The van der Waals surface area contributed by atoms with Crippen LogP contribution in [0.3, 0.4) is 0 Å². The molecule has 27 heavy (non-hydrogen) atoms. The van der Waals surface area contributed by atoms with E-state index in [-0.39, 0.29) is 24.0 Å². The van der Waals surface area contributed by atoms with Gasteiger partial charge in [-0.1, -0.05) is 30.3 Å². The Morgan fingerprint density at radius 1 is 1.22 bits per heavy atom. The van der Waals surface area contributed by atoms with Crippen molar-refractivity contribution < 1.29 is 4.74 Å². The second kappa shape index (κ2) is 11.2. The number of likely N-dealkylation sites (tertiary alicyclic amines) is 1. The lowest BCUT2D eigenvalue weighted by molar-refractivity contribution is 0.128. The van der Waals surface area contributed by atoms with Gasteiger partial charge in [0.25, 0.3) is 0 Å². The molecule has 152 valence electrons. The third-order valence-corrected chi connectivity index (χ3v) is 6.05. The molecule has 4 nitrogen and oxygen atoms in total. The van der Waals surface area contributed by atoms with Gasteiger partial charge in [-0.25, -0.2) is 0 Å². The first-order chi connectivity index (χ1) is 12.7. The van der Waals surface area contributed by atoms with Gasteiger partial charge in [0.05, 0.1) is 0 Å². The van der Waals surface area contributed by atoms with Gasteiger partial charge in [-0.15, -0.1) is 24.0 Å². The first kappa shape index (κ1) is 22.5. The lowest BCUT2D eigenvalue weighted by Crippen LogP contribution is -2.47. The first-order valence-electron chi connectivity index (χ1n) is 10.3. The number of benzene rings is 1. The van der Waals surface area contributed by atoms with E-state index in [1.54, 1.807) is 0 Å². The van der Waals surface area contributed by atoms with Crippen LogP contribution in [-0.2, 0) is 11.2 Å². The molecule has 0 unspecified atom stereocenters. The highest BCUT2D eigenvalue weighted by molar-refractivity contribution is 14.0. The molecule has 0 atom stereocenters. The number of rotatable bonds is 8. The highest BCUT2D eigenvalue weighted by Crippen LogP contribution is 2.48. The van der Waals surface area contributed by atoms with Crippen molar-refractivity contribution in [1.29, 1.82) is 0 Å². The number of hydrogen-bond donors (Lipinski definition) is 1. The van der Waals surface area contributed by atoms with E-state index in [0.29, 0.717) is 5.41 Å². The van der Waals surface area contributed by atoms with Crippen LogP contribution in [0.5, 0.6) is 0 Å². The van der Waals surface area contributed by atoms with Gasteiger partial charge in [0.15, 0.2) is 5.96 Å². The van der Waals surface area contributed by atoms with E-state index >= 15 is 0 Å². The van der Waals surface area contributed by atoms with Crippen LogP contribution in [0.25, 0.3) is 0 Å². The monoisotopic (exact) mass is 485 g/mol. The third kappa shape index (κ3) is 6.93. The summed E-state index contributed by atoms with van der Waals surface area (Å²) in [6.07, 6.45) is 7.54. The number of piperidine rings is 1. The van der Waals surface area contributed by atoms with Gasteiger partial charge in [-0.05, 0) is 62.3 Å². The normalized spacial score (nSPS) is 19.5. The zero-order valence-electron chi connectivity index (χ0n) is 17.0. The molecule has 1 saturated heterocycles. The minimum absolute atomic E-state index is 0. The second-order valence-corrected chi connectivity index (χ2v) is 7.97. The average Bonchev–Trinajstić information content (AvgIpc) is 3.45. The molecule has 1 aromatic carbocycles. The summed E-state index contributed by atoms with van der Waals surface area (Å²) in [4.78, 5) is 6.99. The van der Waals surface area contributed by atoms with Crippen molar-refractivity contribution in [2.75, 3.05) is 39.9 Å². The smallest absolute Gasteiger partial charge is 0.193 e. The predicted octanol–water partition coefficient (Wildman–Crippen LogP) is 4.34. The summed E-state index contributed by atoms with van der Waals surface area (Å²) in [5.41, 5.74) is 1.93. The lowest BCUT2D eigenvalue weighted by Gasteiger charge is -2.35. The number of halogens is 1. The summed E-state index contributed by atoms with van der Waals surface area (Å²) >= 11 is 0. The third-order valence-electron chi connectivity index (χ3n) is 6.05. The maximum absolute atomic E-state index is 5.55. The van der Waals surface area contributed by atoms with Crippen LogP contribution in [0.4, 0.5) is 0 Å². The van der Waals surface area contributed by atoms with Crippen molar-refractivity contribution in [3.63, 3.8) is 0 Å². The van der Waals surface area contributed by atoms with Crippen LogP contribution in [0.1, 0.15) is 44.6 Å². The molecule has 1 aliphatic heterocycles. The Kier molecular flexibility index (Phi) is 9.36. The first-order valence-corrected chi connectivity index (χ1v) is 10.3. The van der Waals surface area contributed by atoms with Crippen LogP contribution in [0.15, 0.2) is 35.3 Å². The molecule has 1 heterocycles. The minimum atomic E-state index is 0. The zero-order valence-corrected chi connectivity index (χ0v) is 19.3. The maximum atomic E-state index is 5.55. The van der Waals surface area contributed by atoms with E-state index in [4.69, 9.17) is 4.74 Å². The van der Waals surface area contributed by atoms with Crippen molar-refractivity contribution >= 4 is 29.9 Å². The van der Waals surface area contributed by atoms with Crippen LogP contribution < -0.4 is 5.32 Å². The number of ether oxygens (including phenoxy) is 1. The fraction of sp³-hybridized carbons (Fsp3) is 0.682. The van der Waals surface area contributed by atoms with Gasteiger partial charge in [0, 0.05) is 39.9 Å². The van der Waals surface area contributed by atoms with Crippen molar-refractivity contribution in [2.45, 2.75) is 45.4 Å². The molecule has 2 aliphatic rings. The van der Waals surface area contributed by atoms with Crippen LogP contribution in [-0.4, -0.2) is 50.8 Å². The number of hydrogen-bond acceptors (Lipinski definition) is 2. The largest absolute Gasteiger partial charge is 0.382 e. The Morgan fingerprint density at radius 2 is 1.93 bits per heavy atom. The Balaban J connectivity index is 0.00000261. The van der Waals surface area contributed by atoms with E-state index in [0.717, 1.165) is 44.7 Å². The van der Waals surface area contributed by atoms with Gasteiger partial charge in [-0.3, -0.25) is 4.99 Å². The highest BCUT2D eigenvalue weighted by atomic mass is 127. The van der Waals surface area contributed by atoms with Crippen LogP contribution >= 0.6 is 24.0 Å². The summed E-state index contributed by atoms with van der Waals surface area (Å²) in [5, 5.41) is 3.65. The number of nitrogens with zero attached hydrogens (tertiary/aromatic N) is 2. The van der Waals surface area contributed by atoms with E-state index in [1.165, 1.54) is 44.1 Å². The number of aliphatic imine (C=N–C) groups is 1. The van der Waals surface area contributed by atoms with Gasteiger partial charge in [0.2, 0.25) is 0 Å². The topological polar surface area (TPSA) is 36.9 Å². The fourth-order valence-electron chi connectivity index (χ4n) is 4.02. The second-order valence-electron chi connectivity index (χ2n) is 7.97. The SMILES string of the molecule is CCOCCC1(CNC(=NC)N2CCC(Cc3ccccc3)CC2)CC1.I. The minimum Gasteiger partial charge on any atom is -0.382 e. The summed E-state index contributed by atoms with van der Waals surface area (Å²) in [7, 11) is 1.91. The summed E-state index contributed by atoms with van der Waals surface area (Å²) in [6.45, 7) is 7.05. The summed E-state index contributed by atoms with van der Waals surface area (Å²) < 4.78 is 5.55. The molecule has 5 heteroatoms. The van der Waals surface area contributed by atoms with E-state index in [2.05, 4.69) is 52.5 Å². The quantitative estimate of drug-likeness (QED) is 0.258. The van der Waals surface area contributed by atoms with Gasteiger partial charge < -0.3 is 15.0 Å². The van der Waals surface area contributed by atoms with E-state index in [1.807, 2.05) is 7.05 Å². The zero-order chi connectivity index (χ0) is 18.2. The molecule has 1 aliphatic carbocycles. The van der Waals surface area contributed by atoms with Crippen molar-refractivity contribution in [3.8, 4) is 0 Å². The average molecular weight is 485 g/mol. The van der Waals surface area contributed by atoms with Gasteiger partial charge in [-0.2, -0.15) is 0 Å². The van der Waals surface area contributed by atoms with E-state index < -0.39 is 0 Å². The molecule has 0 bridgehead atoms. The van der Waals surface area contributed by atoms with E-state index in [9.17, 15) is 0 Å². The molecule has 2 fully saturated rings. The van der Waals surface area contributed by atoms with Crippen LogP contribution in [0.2, 0.25) is 0 Å². The molecule has 3 rings (SSSR count). The fourth-order valence-corrected chi connectivity index (χ4v) is 4.02. The maximum Gasteiger partial charge on any atom is 0.193 e. The Hall–Kier alpha value is -0.820. The van der Waals surface area contributed by atoms with Crippen molar-refractivity contribution in [1.82, 2.24) is 10.2 Å². The number of guanidine groups is 1. The van der Waals surface area contributed by atoms with Crippen molar-refractivity contribution in [3.05, 3.63) is 35.9 Å². The molecule has 0 radical (unpaired) electrons. The Bertz CT molecular complexity index is 566.